The number of carbonyl (C=O) groups is 1. The third-order valence-electron chi connectivity index (χ3n) is 2.81. The second-order valence-electron chi connectivity index (χ2n) is 4.22. The average Bonchev–Trinajstić information content (AvgIpc) is 2.54. The van der Waals surface area contributed by atoms with Crippen molar-refractivity contribution in [3.05, 3.63) is 59.7 Å². The number of anilines is 1. The van der Waals surface area contributed by atoms with Crippen LogP contribution in [0.15, 0.2) is 53.4 Å². The molecule has 4 heteroatoms. The quantitative estimate of drug-likeness (QED) is 0.676. The van der Waals surface area contributed by atoms with Crippen LogP contribution in [-0.2, 0) is 0 Å². The number of rotatable bonds is 3. The molecule has 2 N–H and O–H groups in total. The Morgan fingerprint density at radius 3 is 2.38 bits per heavy atom. The van der Waals surface area contributed by atoms with E-state index >= 15 is 0 Å². The molecule has 2 aromatic carbocycles. The Bertz CT molecular complexity index is 667. The second-order valence-corrected chi connectivity index (χ2v) is 5.10. The number of hydrogen-bond donors (Lipinski definition) is 2. The molecule has 0 aromatic heterocycles. The second kappa shape index (κ2) is 7.53. The molecule has 0 aliphatic rings. The maximum atomic E-state index is 12.1. The van der Waals surface area contributed by atoms with Gasteiger partial charge < -0.3 is 10.4 Å². The Morgan fingerprint density at radius 2 is 1.81 bits per heavy atom. The van der Waals surface area contributed by atoms with Crippen LogP contribution in [-0.4, -0.2) is 23.9 Å². The van der Waals surface area contributed by atoms with Crippen LogP contribution < -0.4 is 5.32 Å². The first-order valence-corrected chi connectivity index (χ1v) is 7.60. The predicted molar refractivity (Wildman–Crippen MR) is 86.6 cm³/mol. The van der Waals surface area contributed by atoms with Gasteiger partial charge in [-0.25, -0.2) is 0 Å². The molecule has 0 spiro atoms. The van der Waals surface area contributed by atoms with Gasteiger partial charge >= 0.3 is 0 Å². The van der Waals surface area contributed by atoms with Crippen LogP contribution >= 0.6 is 11.8 Å². The summed E-state index contributed by atoms with van der Waals surface area (Å²) in [6.07, 6.45) is 2.00. The molecule has 3 nitrogen and oxygen atoms in total. The van der Waals surface area contributed by atoms with Crippen LogP contribution in [0.4, 0.5) is 5.69 Å². The van der Waals surface area contributed by atoms with E-state index in [1.165, 1.54) is 0 Å². The molecular weight excluding hydrogens is 282 g/mol. The lowest BCUT2D eigenvalue weighted by atomic mass is 10.2. The van der Waals surface area contributed by atoms with E-state index in [0.717, 1.165) is 10.5 Å². The van der Waals surface area contributed by atoms with E-state index in [2.05, 4.69) is 17.2 Å². The molecule has 0 aliphatic heterocycles. The minimum Gasteiger partial charge on any atom is -0.384 e. The van der Waals surface area contributed by atoms with Crippen molar-refractivity contribution in [3.63, 3.8) is 0 Å². The number of aliphatic hydroxyl groups excluding tert-OH is 1. The molecule has 0 aliphatic carbocycles. The van der Waals surface area contributed by atoms with Crippen molar-refractivity contribution in [2.45, 2.75) is 4.90 Å². The summed E-state index contributed by atoms with van der Waals surface area (Å²) in [5.41, 5.74) is 2.13. The largest absolute Gasteiger partial charge is 0.384 e. The van der Waals surface area contributed by atoms with Gasteiger partial charge in [0.25, 0.3) is 5.91 Å². The zero-order chi connectivity index (χ0) is 15.1. The maximum Gasteiger partial charge on any atom is 0.255 e. The van der Waals surface area contributed by atoms with Gasteiger partial charge in [0.15, 0.2) is 0 Å². The Balaban J connectivity index is 2.04. The van der Waals surface area contributed by atoms with Gasteiger partial charge in [-0.15, -0.1) is 11.8 Å². The Labute approximate surface area is 128 Å². The zero-order valence-electron chi connectivity index (χ0n) is 11.6. The van der Waals surface area contributed by atoms with Crippen molar-refractivity contribution in [2.24, 2.45) is 0 Å². The predicted octanol–water partition coefficient (Wildman–Crippen LogP) is 3.00. The van der Waals surface area contributed by atoms with Gasteiger partial charge in [0, 0.05) is 21.7 Å². The molecule has 0 bridgehead atoms. The highest BCUT2D eigenvalue weighted by Crippen LogP contribution is 2.16. The van der Waals surface area contributed by atoms with Gasteiger partial charge in [0.1, 0.15) is 6.61 Å². The molecule has 0 radical (unpaired) electrons. The summed E-state index contributed by atoms with van der Waals surface area (Å²) in [5, 5.41) is 11.5. The van der Waals surface area contributed by atoms with Crippen molar-refractivity contribution in [1.82, 2.24) is 0 Å². The van der Waals surface area contributed by atoms with Crippen molar-refractivity contribution >= 4 is 23.4 Å². The van der Waals surface area contributed by atoms with E-state index in [-0.39, 0.29) is 12.5 Å². The third-order valence-corrected chi connectivity index (χ3v) is 3.55. The fraction of sp³-hybridized carbons (Fsp3) is 0.118. The summed E-state index contributed by atoms with van der Waals surface area (Å²) in [4.78, 5) is 13.2. The molecule has 2 rings (SSSR count). The van der Waals surface area contributed by atoms with Crippen molar-refractivity contribution in [2.75, 3.05) is 18.2 Å². The SMILES string of the molecule is CSc1ccc(C(=O)Nc2ccc(C#CCO)cc2)cc1. The molecule has 1 amide bonds. The van der Waals surface area contributed by atoms with Crippen LogP contribution in [0.3, 0.4) is 0 Å². The highest BCUT2D eigenvalue weighted by molar-refractivity contribution is 7.98. The van der Waals surface area contributed by atoms with E-state index in [1.54, 1.807) is 36.0 Å². The first-order valence-electron chi connectivity index (χ1n) is 6.38. The normalized spacial score (nSPS) is 9.62. The van der Waals surface area contributed by atoms with Crippen molar-refractivity contribution < 1.29 is 9.90 Å². The lowest BCUT2D eigenvalue weighted by Gasteiger charge is -2.06. The summed E-state index contributed by atoms with van der Waals surface area (Å²) in [6.45, 7) is -0.162. The fourth-order valence-electron chi connectivity index (χ4n) is 1.72. The lowest BCUT2D eigenvalue weighted by Crippen LogP contribution is -2.11. The standard InChI is InChI=1S/C17H15NO2S/c1-21-16-10-6-14(7-11-16)17(20)18-15-8-4-13(5-9-15)3-2-12-19/h4-11,19H,12H2,1H3,(H,18,20). The first kappa shape index (κ1) is 15.2. The summed E-state index contributed by atoms with van der Waals surface area (Å²) in [6, 6.07) is 14.6. The molecule has 0 saturated carbocycles. The minimum absolute atomic E-state index is 0.142. The zero-order valence-corrected chi connectivity index (χ0v) is 12.4. The number of carbonyl (C=O) groups excluding carboxylic acids is 1. The van der Waals surface area contributed by atoms with Crippen molar-refractivity contribution in [3.8, 4) is 11.8 Å². The summed E-state index contributed by atoms with van der Waals surface area (Å²) < 4.78 is 0. The third kappa shape index (κ3) is 4.38. The van der Waals surface area contributed by atoms with Crippen LogP contribution in [0.1, 0.15) is 15.9 Å². The highest BCUT2D eigenvalue weighted by atomic mass is 32.2. The van der Waals surface area contributed by atoms with Gasteiger partial charge in [-0.05, 0) is 54.8 Å². The lowest BCUT2D eigenvalue weighted by molar-refractivity contribution is 0.102. The topological polar surface area (TPSA) is 49.3 Å². The average molecular weight is 297 g/mol. The number of benzene rings is 2. The molecule has 0 unspecified atom stereocenters. The number of amides is 1. The Morgan fingerprint density at radius 1 is 1.14 bits per heavy atom. The number of nitrogens with one attached hydrogen (secondary N) is 1. The molecule has 2 aromatic rings. The molecule has 106 valence electrons. The van der Waals surface area contributed by atoms with Gasteiger partial charge in [-0.3, -0.25) is 4.79 Å². The van der Waals surface area contributed by atoms with Crippen LogP contribution in [0.2, 0.25) is 0 Å². The monoisotopic (exact) mass is 297 g/mol. The van der Waals surface area contributed by atoms with E-state index < -0.39 is 0 Å². The van der Waals surface area contributed by atoms with E-state index in [4.69, 9.17) is 5.11 Å². The number of hydrogen-bond acceptors (Lipinski definition) is 3. The number of aliphatic hydroxyl groups is 1. The van der Waals surface area contributed by atoms with Crippen LogP contribution in [0.25, 0.3) is 0 Å². The maximum absolute atomic E-state index is 12.1. The van der Waals surface area contributed by atoms with Gasteiger partial charge in [-0.1, -0.05) is 11.8 Å². The van der Waals surface area contributed by atoms with Crippen LogP contribution in [0.5, 0.6) is 0 Å². The van der Waals surface area contributed by atoms with Gasteiger partial charge in [0.05, 0.1) is 0 Å². The van der Waals surface area contributed by atoms with E-state index in [9.17, 15) is 4.79 Å². The highest BCUT2D eigenvalue weighted by Gasteiger charge is 2.05. The molecule has 21 heavy (non-hydrogen) atoms. The smallest absolute Gasteiger partial charge is 0.255 e. The van der Waals surface area contributed by atoms with Crippen LogP contribution in [0, 0.1) is 11.8 Å². The summed E-state index contributed by atoms with van der Waals surface area (Å²) in [7, 11) is 0. The molecule has 0 saturated heterocycles. The first-order chi connectivity index (χ1) is 10.2. The number of thioether (sulfide) groups is 1. The summed E-state index contributed by atoms with van der Waals surface area (Å²) in [5.74, 6) is 5.24. The molecule has 0 atom stereocenters. The van der Waals surface area contributed by atoms with Gasteiger partial charge in [0.2, 0.25) is 0 Å². The summed E-state index contributed by atoms with van der Waals surface area (Å²) >= 11 is 1.64. The fourth-order valence-corrected chi connectivity index (χ4v) is 2.13. The molecule has 0 fully saturated rings. The van der Waals surface area contributed by atoms with Crippen molar-refractivity contribution in [1.29, 1.82) is 0 Å². The van der Waals surface area contributed by atoms with E-state index in [0.29, 0.717) is 11.3 Å². The van der Waals surface area contributed by atoms with E-state index in [1.807, 2.05) is 30.5 Å². The molecule has 0 heterocycles. The Hall–Kier alpha value is -2.22. The van der Waals surface area contributed by atoms with Gasteiger partial charge in [-0.2, -0.15) is 0 Å². The minimum atomic E-state index is -0.162. The molecular formula is C17H15NO2S. The Kier molecular flexibility index (Phi) is 5.44.